The lowest BCUT2D eigenvalue weighted by atomic mass is 10.2. The fourth-order valence-corrected chi connectivity index (χ4v) is 3.32. The molecule has 4 rings (SSSR count). The second-order valence-electron chi connectivity index (χ2n) is 6.56. The number of nitrogens with one attached hydrogen (secondary N) is 3. The molecule has 7 heteroatoms. The Kier molecular flexibility index (Phi) is 5.29. The van der Waals surface area contributed by atoms with Crippen LogP contribution in [0.25, 0.3) is 22.4 Å². The molecule has 0 bridgehead atoms. The molecule has 0 aliphatic rings. The SMILES string of the molecule is Cc1cc2[nH]c(-c3cccc(NC(=S)NC(=O)c4ccccc4)c3)nc2cc1Cl. The molecule has 0 atom stereocenters. The highest BCUT2D eigenvalue weighted by molar-refractivity contribution is 7.80. The first-order chi connectivity index (χ1) is 14.0. The number of anilines is 1. The number of carbonyl (C=O) groups excluding carboxylic acids is 1. The maximum atomic E-state index is 12.2. The number of rotatable bonds is 3. The zero-order chi connectivity index (χ0) is 20.4. The molecule has 0 saturated heterocycles. The highest BCUT2D eigenvalue weighted by Gasteiger charge is 2.10. The minimum absolute atomic E-state index is 0.225. The number of imidazole rings is 1. The summed E-state index contributed by atoms with van der Waals surface area (Å²) < 4.78 is 0. The first kappa shape index (κ1) is 19.1. The summed E-state index contributed by atoms with van der Waals surface area (Å²) in [5.41, 5.74) is 4.89. The number of nitrogens with zero attached hydrogens (tertiary/aromatic N) is 1. The third-order valence-corrected chi connectivity index (χ3v) is 5.03. The minimum Gasteiger partial charge on any atom is -0.338 e. The van der Waals surface area contributed by atoms with Gasteiger partial charge in [0, 0.05) is 21.8 Å². The Bertz CT molecular complexity index is 1180. The van der Waals surface area contributed by atoms with Gasteiger partial charge in [-0.05, 0) is 61.1 Å². The highest BCUT2D eigenvalue weighted by Crippen LogP contribution is 2.26. The Morgan fingerprint density at radius 3 is 2.66 bits per heavy atom. The fourth-order valence-electron chi connectivity index (χ4n) is 2.95. The first-order valence-corrected chi connectivity index (χ1v) is 9.72. The van der Waals surface area contributed by atoms with E-state index in [1.807, 2.05) is 49.4 Å². The lowest BCUT2D eigenvalue weighted by molar-refractivity contribution is 0.0977. The van der Waals surface area contributed by atoms with Crippen LogP contribution < -0.4 is 10.6 Å². The van der Waals surface area contributed by atoms with Gasteiger partial charge >= 0.3 is 0 Å². The quantitative estimate of drug-likeness (QED) is 0.392. The second-order valence-corrected chi connectivity index (χ2v) is 7.37. The third-order valence-electron chi connectivity index (χ3n) is 4.42. The molecule has 5 nitrogen and oxygen atoms in total. The smallest absolute Gasteiger partial charge is 0.257 e. The molecule has 0 saturated carbocycles. The topological polar surface area (TPSA) is 69.8 Å². The third kappa shape index (κ3) is 4.29. The number of benzene rings is 3. The van der Waals surface area contributed by atoms with Crippen molar-refractivity contribution in [3.8, 4) is 11.4 Å². The minimum atomic E-state index is -0.260. The monoisotopic (exact) mass is 420 g/mol. The van der Waals surface area contributed by atoms with Crippen LogP contribution in [0.1, 0.15) is 15.9 Å². The van der Waals surface area contributed by atoms with Gasteiger partial charge in [0.15, 0.2) is 5.11 Å². The lowest BCUT2D eigenvalue weighted by Crippen LogP contribution is -2.34. The Morgan fingerprint density at radius 1 is 1.07 bits per heavy atom. The molecule has 0 fully saturated rings. The van der Waals surface area contributed by atoms with Crippen LogP contribution in [-0.2, 0) is 0 Å². The second kappa shape index (κ2) is 8.03. The number of thiocarbonyl (C=S) groups is 1. The van der Waals surface area contributed by atoms with Gasteiger partial charge in [0.25, 0.3) is 5.91 Å². The first-order valence-electron chi connectivity index (χ1n) is 8.93. The summed E-state index contributed by atoms with van der Waals surface area (Å²) in [6.07, 6.45) is 0. The van der Waals surface area contributed by atoms with Crippen molar-refractivity contribution in [2.24, 2.45) is 0 Å². The van der Waals surface area contributed by atoms with Crippen LogP contribution in [0, 0.1) is 6.92 Å². The molecule has 1 aromatic heterocycles. The molecule has 144 valence electrons. The van der Waals surface area contributed by atoms with E-state index in [0.717, 1.165) is 33.7 Å². The standard InChI is InChI=1S/C22H17ClN4OS/c1-13-10-18-19(12-17(13)23)26-20(25-18)15-8-5-9-16(11-15)24-22(29)27-21(28)14-6-3-2-4-7-14/h2-12H,1H3,(H,25,26)(H2,24,27,28,29). The normalized spacial score (nSPS) is 10.7. The van der Waals surface area contributed by atoms with Gasteiger partial charge in [-0.15, -0.1) is 0 Å². The summed E-state index contributed by atoms with van der Waals surface area (Å²) in [6, 6.07) is 20.4. The number of fused-ring (bicyclic) bond motifs is 1. The number of halogens is 1. The zero-order valence-electron chi connectivity index (χ0n) is 15.5. The summed E-state index contributed by atoms with van der Waals surface area (Å²) in [4.78, 5) is 20.2. The molecule has 1 heterocycles. The van der Waals surface area contributed by atoms with Crippen LogP contribution in [-0.4, -0.2) is 21.0 Å². The van der Waals surface area contributed by atoms with Crippen molar-refractivity contribution in [1.29, 1.82) is 0 Å². The number of H-pyrrole nitrogens is 1. The maximum Gasteiger partial charge on any atom is 0.257 e. The predicted molar refractivity (Wildman–Crippen MR) is 121 cm³/mol. The Labute approximate surface area is 178 Å². The van der Waals surface area contributed by atoms with Crippen molar-refractivity contribution in [3.05, 3.63) is 82.9 Å². The van der Waals surface area contributed by atoms with Crippen LogP contribution in [0.15, 0.2) is 66.7 Å². The van der Waals surface area contributed by atoms with Crippen molar-refractivity contribution in [3.63, 3.8) is 0 Å². The van der Waals surface area contributed by atoms with Gasteiger partial charge in [0.1, 0.15) is 5.82 Å². The zero-order valence-corrected chi connectivity index (χ0v) is 17.1. The van der Waals surface area contributed by atoms with Crippen molar-refractivity contribution in [2.45, 2.75) is 6.92 Å². The van der Waals surface area contributed by atoms with E-state index in [-0.39, 0.29) is 11.0 Å². The molecule has 29 heavy (non-hydrogen) atoms. The van der Waals surface area contributed by atoms with Crippen LogP contribution in [0.5, 0.6) is 0 Å². The Morgan fingerprint density at radius 2 is 1.86 bits per heavy atom. The van der Waals surface area contributed by atoms with E-state index >= 15 is 0 Å². The number of hydrogen-bond acceptors (Lipinski definition) is 3. The molecule has 4 aromatic rings. The van der Waals surface area contributed by atoms with Gasteiger partial charge in [-0.2, -0.15) is 0 Å². The summed E-state index contributed by atoms with van der Waals surface area (Å²) in [5, 5.41) is 6.63. The van der Waals surface area contributed by atoms with E-state index in [4.69, 9.17) is 23.8 Å². The van der Waals surface area contributed by atoms with Crippen molar-refractivity contribution < 1.29 is 4.79 Å². The number of aromatic amines is 1. The molecule has 0 aliphatic carbocycles. The van der Waals surface area contributed by atoms with Gasteiger partial charge in [-0.25, -0.2) is 4.98 Å². The summed E-state index contributed by atoms with van der Waals surface area (Å²) in [7, 11) is 0. The van der Waals surface area contributed by atoms with Gasteiger partial charge in [-0.1, -0.05) is 41.9 Å². The molecule has 1 amide bonds. The van der Waals surface area contributed by atoms with Crippen LogP contribution in [0.4, 0.5) is 5.69 Å². The summed E-state index contributed by atoms with van der Waals surface area (Å²) in [6.45, 7) is 1.96. The average molecular weight is 421 g/mol. The van der Waals surface area contributed by atoms with Crippen molar-refractivity contribution in [1.82, 2.24) is 15.3 Å². The summed E-state index contributed by atoms with van der Waals surface area (Å²) >= 11 is 11.5. The maximum absolute atomic E-state index is 12.2. The van der Waals surface area contributed by atoms with Crippen LogP contribution in [0.2, 0.25) is 5.02 Å². The molecular weight excluding hydrogens is 404 g/mol. The number of hydrogen-bond donors (Lipinski definition) is 3. The number of carbonyl (C=O) groups is 1. The molecular formula is C22H17ClN4OS. The molecule has 0 unspecified atom stereocenters. The largest absolute Gasteiger partial charge is 0.338 e. The van der Waals surface area contributed by atoms with Gasteiger partial charge in [0.05, 0.1) is 11.0 Å². The number of amides is 1. The average Bonchev–Trinajstić information content (AvgIpc) is 3.12. The fraction of sp³-hybridized carbons (Fsp3) is 0.0455. The van der Waals surface area contributed by atoms with Crippen LogP contribution in [0.3, 0.4) is 0 Å². The van der Waals surface area contributed by atoms with E-state index < -0.39 is 0 Å². The van der Waals surface area contributed by atoms with E-state index in [1.54, 1.807) is 24.3 Å². The molecule has 0 radical (unpaired) electrons. The van der Waals surface area contributed by atoms with Crippen LogP contribution >= 0.6 is 23.8 Å². The lowest BCUT2D eigenvalue weighted by Gasteiger charge is -2.10. The molecule has 3 N–H and O–H groups in total. The Hall–Kier alpha value is -3.22. The van der Waals surface area contributed by atoms with Crippen molar-refractivity contribution >= 4 is 51.6 Å². The number of aromatic nitrogens is 2. The van der Waals surface area contributed by atoms with Crippen molar-refractivity contribution in [2.75, 3.05) is 5.32 Å². The van der Waals surface area contributed by atoms with E-state index in [1.165, 1.54) is 0 Å². The van der Waals surface area contributed by atoms with E-state index in [2.05, 4.69) is 20.6 Å². The molecule has 0 aliphatic heterocycles. The Balaban J connectivity index is 1.51. The highest BCUT2D eigenvalue weighted by atomic mass is 35.5. The van der Waals surface area contributed by atoms with E-state index in [9.17, 15) is 4.79 Å². The van der Waals surface area contributed by atoms with E-state index in [0.29, 0.717) is 10.6 Å². The summed E-state index contributed by atoms with van der Waals surface area (Å²) in [5.74, 6) is 0.466. The van der Waals surface area contributed by atoms with Gasteiger partial charge in [0.2, 0.25) is 0 Å². The van der Waals surface area contributed by atoms with Gasteiger partial charge < -0.3 is 10.3 Å². The number of aryl methyl sites for hydroxylation is 1. The molecule has 0 spiro atoms. The molecule has 3 aromatic carbocycles. The predicted octanol–water partition coefficient (Wildman–Crippen LogP) is 5.32. The van der Waals surface area contributed by atoms with Gasteiger partial charge in [-0.3, -0.25) is 10.1 Å².